The molecular formula is C6H11F3N2S. The lowest BCUT2D eigenvalue weighted by Crippen LogP contribution is -2.37. The largest absolute Gasteiger partial charge is 0.399 e. The molecule has 0 fully saturated rings. The van der Waals surface area contributed by atoms with Gasteiger partial charge in [0.05, 0.1) is 0 Å². The third-order valence-corrected chi connectivity index (χ3v) is 2.24. The van der Waals surface area contributed by atoms with Crippen LogP contribution in [0.25, 0.3) is 0 Å². The van der Waals surface area contributed by atoms with E-state index in [4.69, 9.17) is 11.1 Å². The number of rotatable bonds is 4. The van der Waals surface area contributed by atoms with Crippen LogP contribution in [0, 0.1) is 11.3 Å². The van der Waals surface area contributed by atoms with Gasteiger partial charge in [0.2, 0.25) is 0 Å². The molecule has 12 heavy (non-hydrogen) atoms. The molecule has 1 atom stereocenters. The lowest BCUT2D eigenvalue weighted by Gasteiger charge is -2.17. The molecule has 0 bridgehead atoms. The Labute approximate surface area is 73.2 Å². The molecule has 0 rings (SSSR count). The van der Waals surface area contributed by atoms with Crippen molar-refractivity contribution in [2.75, 3.05) is 11.5 Å². The quantitative estimate of drug-likeness (QED) is 0.537. The van der Waals surface area contributed by atoms with Crippen molar-refractivity contribution in [3.05, 3.63) is 0 Å². The Kier molecular flexibility index (Phi) is 4.44. The summed E-state index contributed by atoms with van der Waals surface area (Å²) in [6.45, 7) is 1.76. The van der Waals surface area contributed by atoms with Crippen molar-refractivity contribution in [2.24, 2.45) is 11.7 Å². The van der Waals surface area contributed by atoms with Gasteiger partial charge in [0.15, 0.2) is 0 Å². The zero-order valence-electron chi connectivity index (χ0n) is 6.61. The Bertz CT molecular complexity index is 157. The summed E-state index contributed by atoms with van der Waals surface area (Å²) in [6.07, 6.45) is -4.38. The molecule has 3 N–H and O–H groups in total. The van der Waals surface area contributed by atoms with E-state index in [0.717, 1.165) is 11.8 Å². The van der Waals surface area contributed by atoms with Gasteiger partial charge in [-0.25, -0.2) is 0 Å². The van der Waals surface area contributed by atoms with Crippen molar-refractivity contribution in [3.8, 4) is 0 Å². The molecule has 0 aliphatic rings. The van der Waals surface area contributed by atoms with E-state index in [1.807, 2.05) is 0 Å². The molecule has 0 saturated heterocycles. The summed E-state index contributed by atoms with van der Waals surface area (Å²) in [4.78, 5) is 0. The summed E-state index contributed by atoms with van der Waals surface area (Å²) in [5, 5.41) is 6.73. The molecule has 0 aliphatic carbocycles. The van der Waals surface area contributed by atoms with Crippen LogP contribution in [-0.2, 0) is 0 Å². The minimum absolute atomic E-state index is 0.157. The van der Waals surface area contributed by atoms with Crippen LogP contribution in [0.15, 0.2) is 0 Å². The van der Waals surface area contributed by atoms with Crippen LogP contribution < -0.4 is 5.73 Å². The van der Waals surface area contributed by atoms with E-state index in [0.29, 0.717) is 5.75 Å². The van der Waals surface area contributed by atoms with Gasteiger partial charge in [-0.05, 0) is 5.75 Å². The van der Waals surface area contributed by atoms with Crippen molar-refractivity contribution in [3.63, 3.8) is 0 Å². The number of halogens is 3. The molecular weight excluding hydrogens is 189 g/mol. The normalized spacial score (nSPS) is 14.3. The second kappa shape index (κ2) is 4.59. The summed E-state index contributed by atoms with van der Waals surface area (Å²) in [5.41, 5.74) is 4.81. The minimum atomic E-state index is -4.38. The Balaban J connectivity index is 4.15. The maximum absolute atomic E-state index is 12.1. The summed E-state index contributed by atoms with van der Waals surface area (Å²) < 4.78 is 36.2. The van der Waals surface area contributed by atoms with E-state index in [1.165, 1.54) is 0 Å². The molecule has 6 heteroatoms. The number of amidine groups is 1. The molecule has 0 aromatic carbocycles. The minimum Gasteiger partial charge on any atom is -0.387 e. The third-order valence-electron chi connectivity index (χ3n) is 1.26. The van der Waals surface area contributed by atoms with E-state index < -0.39 is 17.9 Å². The molecule has 0 amide bonds. The fraction of sp³-hybridized carbons (Fsp3) is 0.833. The van der Waals surface area contributed by atoms with E-state index in [-0.39, 0.29) is 5.75 Å². The monoisotopic (exact) mass is 200 g/mol. The van der Waals surface area contributed by atoms with Gasteiger partial charge in [-0.3, -0.25) is 5.41 Å². The Morgan fingerprint density at radius 3 is 2.33 bits per heavy atom. The van der Waals surface area contributed by atoms with E-state index in [9.17, 15) is 13.2 Å². The molecule has 72 valence electrons. The summed E-state index contributed by atoms with van der Waals surface area (Å²) in [5.74, 6) is -2.15. The fourth-order valence-corrected chi connectivity index (χ4v) is 1.44. The van der Waals surface area contributed by atoms with Crippen LogP contribution in [0.3, 0.4) is 0 Å². The predicted molar refractivity (Wildman–Crippen MR) is 44.5 cm³/mol. The Hall–Kier alpha value is -0.390. The average molecular weight is 200 g/mol. The molecule has 0 aromatic heterocycles. The van der Waals surface area contributed by atoms with Crippen molar-refractivity contribution in [1.29, 1.82) is 5.41 Å². The number of thioether (sulfide) groups is 1. The average Bonchev–Trinajstić information content (AvgIpc) is 1.84. The fourth-order valence-electron chi connectivity index (χ4n) is 0.596. The van der Waals surface area contributed by atoms with Crippen LogP contribution >= 0.6 is 11.8 Å². The van der Waals surface area contributed by atoms with Crippen LogP contribution in [0.2, 0.25) is 0 Å². The highest BCUT2D eigenvalue weighted by atomic mass is 32.2. The Morgan fingerprint density at radius 1 is 1.58 bits per heavy atom. The van der Waals surface area contributed by atoms with Gasteiger partial charge in [0.25, 0.3) is 0 Å². The van der Waals surface area contributed by atoms with E-state index in [1.54, 1.807) is 6.92 Å². The van der Waals surface area contributed by atoms with Crippen molar-refractivity contribution >= 4 is 17.6 Å². The van der Waals surface area contributed by atoms with Crippen molar-refractivity contribution in [1.82, 2.24) is 0 Å². The molecule has 0 spiro atoms. The lowest BCUT2D eigenvalue weighted by atomic mass is 10.1. The number of hydrogen-bond donors (Lipinski definition) is 2. The van der Waals surface area contributed by atoms with Crippen LogP contribution in [-0.4, -0.2) is 23.5 Å². The topological polar surface area (TPSA) is 49.9 Å². The molecule has 0 heterocycles. The molecule has 0 saturated carbocycles. The maximum atomic E-state index is 12.1. The van der Waals surface area contributed by atoms with Crippen LogP contribution in [0.1, 0.15) is 6.92 Å². The van der Waals surface area contributed by atoms with Crippen molar-refractivity contribution < 1.29 is 13.2 Å². The first-order valence-corrected chi connectivity index (χ1v) is 4.53. The van der Waals surface area contributed by atoms with Crippen molar-refractivity contribution in [2.45, 2.75) is 13.1 Å². The summed E-state index contributed by atoms with van der Waals surface area (Å²) in [7, 11) is 0. The van der Waals surface area contributed by atoms with E-state index >= 15 is 0 Å². The SMILES string of the molecule is CCSCC(C(=N)N)C(F)(F)F. The number of nitrogens with two attached hydrogens (primary N) is 1. The molecule has 0 aromatic rings. The predicted octanol–water partition coefficient (Wildman–Crippen LogP) is 1.85. The zero-order chi connectivity index (χ0) is 9.78. The first kappa shape index (κ1) is 11.6. The summed E-state index contributed by atoms with van der Waals surface area (Å²) >= 11 is 1.13. The van der Waals surface area contributed by atoms with Gasteiger partial charge in [0, 0.05) is 5.75 Å². The highest BCUT2D eigenvalue weighted by Crippen LogP contribution is 2.28. The smallest absolute Gasteiger partial charge is 0.387 e. The van der Waals surface area contributed by atoms with Gasteiger partial charge in [-0.1, -0.05) is 6.92 Å². The summed E-state index contributed by atoms with van der Waals surface area (Å²) in [6, 6.07) is 0. The number of alkyl halides is 3. The number of hydrogen-bond acceptors (Lipinski definition) is 2. The second-order valence-electron chi connectivity index (χ2n) is 2.21. The van der Waals surface area contributed by atoms with Gasteiger partial charge in [0.1, 0.15) is 11.8 Å². The van der Waals surface area contributed by atoms with Gasteiger partial charge < -0.3 is 5.73 Å². The Morgan fingerprint density at radius 2 is 2.08 bits per heavy atom. The maximum Gasteiger partial charge on any atom is 0.399 e. The van der Waals surface area contributed by atoms with Gasteiger partial charge >= 0.3 is 6.18 Å². The molecule has 0 radical (unpaired) electrons. The van der Waals surface area contributed by atoms with Gasteiger partial charge in [-0.2, -0.15) is 24.9 Å². The van der Waals surface area contributed by atoms with Crippen LogP contribution in [0.4, 0.5) is 13.2 Å². The highest BCUT2D eigenvalue weighted by Gasteiger charge is 2.41. The molecule has 1 unspecified atom stereocenters. The third kappa shape index (κ3) is 3.85. The van der Waals surface area contributed by atoms with Crippen LogP contribution in [0.5, 0.6) is 0 Å². The lowest BCUT2D eigenvalue weighted by molar-refractivity contribution is -0.149. The molecule has 2 nitrogen and oxygen atoms in total. The first-order chi connectivity index (χ1) is 5.39. The number of nitrogens with one attached hydrogen (secondary N) is 1. The first-order valence-electron chi connectivity index (χ1n) is 3.38. The van der Waals surface area contributed by atoms with Gasteiger partial charge in [-0.15, -0.1) is 0 Å². The second-order valence-corrected chi connectivity index (χ2v) is 3.53. The van der Waals surface area contributed by atoms with E-state index in [2.05, 4.69) is 0 Å². The standard InChI is InChI=1S/C6H11F3N2S/c1-2-12-3-4(5(10)11)6(7,8)9/h4H,2-3H2,1H3,(H3,10,11). The molecule has 0 aliphatic heterocycles. The highest BCUT2D eigenvalue weighted by molar-refractivity contribution is 7.99. The zero-order valence-corrected chi connectivity index (χ0v) is 7.43.